The molecule has 2 rings (SSSR count). The first kappa shape index (κ1) is 15.3. The number of thiophene rings is 1. The van der Waals surface area contributed by atoms with Crippen molar-refractivity contribution in [2.45, 2.75) is 19.9 Å². The average Bonchev–Trinajstić information content (AvgIpc) is 2.91. The predicted molar refractivity (Wildman–Crippen MR) is 87.3 cm³/mol. The van der Waals surface area contributed by atoms with Gasteiger partial charge in [0, 0.05) is 5.56 Å². The van der Waals surface area contributed by atoms with Crippen LogP contribution in [0.4, 0.5) is 0 Å². The van der Waals surface area contributed by atoms with Crippen LogP contribution in [0.1, 0.15) is 39.3 Å². The van der Waals surface area contributed by atoms with Crippen LogP contribution in [-0.4, -0.2) is 12.5 Å². The molecule has 1 aromatic carbocycles. The zero-order chi connectivity index (χ0) is 15.2. The monoisotopic (exact) mass is 298 g/mol. The third kappa shape index (κ3) is 3.94. The van der Waals surface area contributed by atoms with Crippen molar-refractivity contribution < 1.29 is 4.79 Å². The normalized spacial score (nSPS) is 11.4. The summed E-state index contributed by atoms with van der Waals surface area (Å²) < 4.78 is 0. The molecule has 2 aromatic rings. The molecule has 0 saturated heterocycles. The van der Waals surface area contributed by atoms with Gasteiger partial charge in [-0.05, 0) is 48.6 Å². The van der Waals surface area contributed by atoms with E-state index < -0.39 is 0 Å². The number of hydrogen-bond donors (Lipinski definition) is 2. The fourth-order valence-corrected chi connectivity index (χ4v) is 2.82. The number of benzene rings is 1. The van der Waals surface area contributed by atoms with E-state index in [2.05, 4.69) is 17.2 Å². The molecule has 1 aromatic heterocycles. The van der Waals surface area contributed by atoms with Crippen LogP contribution in [-0.2, 0) is 0 Å². The smallest absolute Gasteiger partial charge is 0.262 e. The topological polar surface area (TPSA) is 55.1 Å². The molecule has 0 fully saturated rings. The van der Waals surface area contributed by atoms with Gasteiger partial charge in [-0.15, -0.1) is 11.3 Å². The van der Waals surface area contributed by atoms with Gasteiger partial charge in [0.25, 0.3) is 5.91 Å². The third-order valence-corrected chi connectivity index (χ3v) is 4.15. The molecule has 1 amide bonds. The summed E-state index contributed by atoms with van der Waals surface area (Å²) >= 11 is 1.46. The lowest BCUT2D eigenvalue weighted by molar-refractivity contribution is 0.0943. The van der Waals surface area contributed by atoms with Gasteiger partial charge in [-0.1, -0.05) is 24.0 Å². The zero-order valence-electron chi connectivity index (χ0n) is 12.1. The van der Waals surface area contributed by atoms with Crippen molar-refractivity contribution in [1.29, 1.82) is 0 Å². The van der Waals surface area contributed by atoms with Gasteiger partial charge < -0.3 is 11.1 Å². The highest BCUT2D eigenvalue weighted by Crippen LogP contribution is 2.18. The van der Waals surface area contributed by atoms with E-state index >= 15 is 0 Å². The Balaban J connectivity index is 2.11. The summed E-state index contributed by atoms with van der Waals surface area (Å²) in [4.78, 5) is 13.0. The first-order valence-electron chi connectivity index (χ1n) is 6.75. The van der Waals surface area contributed by atoms with Gasteiger partial charge in [-0.25, -0.2) is 0 Å². The lowest BCUT2D eigenvalue weighted by Gasteiger charge is -2.14. The summed E-state index contributed by atoms with van der Waals surface area (Å²) in [7, 11) is 0. The van der Waals surface area contributed by atoms with E-state index in [0.29, 0.717) is 6.54 Å². The van der Waals surface area contributed by atoms with Gasteiger partial charge in [0.2, 0.25) is 0 Å². The third-order valence-electron chi connectivity index (χ3n) is 3.14. The Morgan fingerprint density at radius 2 is 2.24 bits per heavy atom. The molecule has 0 aliphatic heterocycles. The minimum Gasteiger partial charge on any atom is -0.345 e. The van der Waals surface area contributed by atoms with Crippen molar-refractivity contribution in [3.63, 3.8) is 0 Å². The molecule has 21 heavy (non-hydrogen) atoms. The number of hydrogen-bond acceptors (Lipinski definition) is 3. The number of rotatable bonds is 3. The molecular weight excluding hydrogens is 280 g/mol. The molecule has 0 radical (unpaired) electrons. The molecule has 0 aliphatic rings. The average molecular weight is 298 g/mol. The Kier molecular flexibility index (Phi) is 5.15. The van der Waals surface area contributed by atoms with Crippen molar-refractivity contribution in [2.75, 3.05) is 6.54 Å². The second kappa shape index (κ2) is 7.07. The van der Waals surface area contributed by atoms with E-state index in [1.54, 1.807) is 0 Å². The van der Waals surface area contributed by atoms with Crippen LogP contribution < -0.4 is 11.1 Å². The Labute approximate surface area is 129 Å². The van der Waals surface area contributed by atoms with E-state index in [0.717, 1.165) is 21.6 Å². The number of aryl methyl sites for hydroxylation is 1. The van der Waals surface area contributed by atoms with Crippen molar-refractivity contribution >= 4 is 17.2 Å². The maximum absolute atomic E-state index is 12.2. The molecular formula is C17H18N2OS. The molecule has 1 unspecified atom stereocenters. The molecule has 108 valence electrons. The van der Waals surface area contributed by atoms with Crippen LogP contribution in [0.25, 0.3) is 0 Å². The summed E-state index contributed by atoms with van der Waals surface area (Å²) in [5.41, 5.74) is 8.32. The first-order valence-corrected chi connectivity index (χ1v) is 7.63. The van der Waals surface area contributed by atoms with Crippen LogP contribution in [0.5, 0.6) is 0 Å². The highest BCUT2D eigenvalue weighted by molar-refractivity contribution is 7.12. The van der Waals surface area contributed by atoms with Gasteiger partial charge in [0.1, 0.15) is 0 Å². The number of nitrogens with two attached hydrogens (primary N) is 1. The second-order valence-corrected chi connectivity index (χ2v) is 5.68. The summed E-state index contributed by atoms with van der Waals surface area (Å²) in [5, 5.41) is 4.95. The number of amides is 1. The molecule has 0 spiro atoms. The minimum atomic E-state index is -0.0707. The second-order valence-electron chi connectivity index (χ2n) is 4.76. The van der Waals surface area contributed by atoms with Gasteiger partial charge in [-0.2, -0.15) is 0 Å². The van der Waals surface area contributed by atoms with Crippen LogP contribution >= 0.6 is 11.3 Å². The van der Waals surface area contributed by atoms with E-state index in [-0.39, 0.29) is 11.9 Å². The first-order chi connectivity index (χ1) is 10.1. The van der Waals surface area contributed by atoms with Crippen molar-refractivity contribution in [1.82, 2.24) is 5.32 Å². The summed E-state index contributed by atoms with van der Waals surface area (Å²) in [5.74, 6) is 5.80. The fraction of sp³-hybridized carbons (Fsp3) is 0.235. The fourth-order valence-electron chi connectivity index (χ4n) is 1.99. The van der Waals surface area contributed by atoms with Gasteiger partial charge >= 0.3 is 0 Å². The summed E-state index contributed by atoms with van der Waals surface area (Å²) in [6.45, 7) is 4.25. The number of nitrogens with one attached hydrogen (secondary N) is 1. The standard InChI is InChI=1S/C17H18N2OS/c1-12-8-10-21-16(12)17(20)19-13(2)15-7-3-5-14(11-15)6-4-9-18/h3,5,7-8,10-11,13H,9,18H2,1-2H3,(H,19,20). The molecule has 1 atom stereocenters. The van der Waals surface area contributed by atoms with E-state index in [9.17, 15) is 4.79 Å². The highest BCUT2D eigenvalue weighted by atomic mass is 32.1. The van der Waals surface area contributed by atoms with Gasteiger partial charge in [0.05, 0.1) is 17.5 Å². The number of carbonyl (C=O) groups is 1. The van der Waals surface area contributed by atoms with Crippen molar-refractivity contribution in [2.24, 2.45) is 5.73 Å². The van der Waals surface area contributed by atoms with Crippen LogP contribution in [0, 0.1) is 18.8 Å². The van der Waals surface area contributed by atoms with Gasteiger partial charge in [0.15, 0.2) is 0 Å². The Hall–Kier alpha value is -2.09. The lowest BCUT2D eigenvalue weighted by Crippen LogP contribution is -2.26. The van der Waals surface area contributed by atoms with Crippen LogP contribution in [0.15, 0.2) is 35.7 Å². The molecule has 4 heteroatoms. The molecule has 3 nitrogen and oxygen atoms in total. The van der Waals surface area contributed by atoms with E-state index in [1.165, 1.54) is 11.3 Å². The molecule has 0 aliphatic carbocycles. The van der Waals surface area contributed by atoms with Crippen LogP contribution in [0.3, 0.4) is 0 Å². The molecule has 1 heterocycles. The molecule has 0 saturated carbocycles. The zero-order valence-corrected chi connectivity index (χ0v) is 13.0. The van der Waals surface area contributed by atoms with Gasteiger partial charge in [-0.3, -0.25) is 4.79 Å². The van der Waals surface area contributed by atoms with E-state index in [4.69, 9.17) is 5.73 Å². The summed E-state index contributed by atoms with van der Waals surface area (Å²) in [6.07, 6.45) is 0. The minimum absolute atomic E-state index is 0.0338. The SMILES string of the molecule is Cc1ccsc1C(=O)NC(C)c1cccc(C#CCN)c1. The lowest BCUT2D eigenvalue weighted by atomic mass is 10.1. The molecule has 3 N–H and O–H groups in total. The predicted octanol–water partition coefficient (Wildman–Crippen LogP) is 2.86. The van der Waals surface area contributed by atoms with Crippen molar-refractivity contribution in [3.05, 3.63) is 57.3 Å². The van der Waals surface area contributed by atoms with Crippen molar-refractivity contribution in [3.8, 4) is 11.8 Å². The number of carbonyl (C=O) groups excluding carboxylic acids is 1. The molecule has 0 bridgehead atoms. The Morgan fingerprint density at radius 3 is 2.90 bits per heavy atom. The van der Waals surface area contributed by atoms with Crippen LogP contribution in [0.2, 0.25) is 0 Å². The Morgan fingerprint density at radius 1 is 1.43 bits per heavy atom. The van der Waals surface area contributed by atoms with E-state index in [1.807, 2.05) is 49.6 Å². The highest BCUT2D eigenvalue weighted by Gasteiger charge is 2.14. The summed E-state index contributed by atoms with van der Waals surface area (Å²) in [6, 6.07) is 9.72. The largest absolute Gasteiger partial charge is 0.345 e. The quantitative estimate of drug-likeness (QED) is 0.856. The maximum Gasteiger partial charge on any atom is 0.262 e. The maximum atomic E-state index is 12.2. The Bertz CT molecular complexity index is 694.